The summed E-state index contributed by atoms with van der Waals surface area (Å²) in [5.74, 6) is 0.800. The molecular formula is C12H17N5O. The zero-order chi connectivity index (χ0) is 12.4. The van der Waals surface area contributed by atoms with Gasteiger partial charge in [-0.2, -0.15) is 0 Å². The maximum atomic E-state index is 5.65. The van der Waals surface area contributed by atoms with Crippen LogP contribution in [0.3, 0.4) is 0 Å². The highest BCUT2D eigenvalue weighted by Crippen LogP contribution is 2.20. The molecule has 0 amide bonds. The third kappa shape index (κ3) is 2.03. The first-order valence-corrected chi connectivity index (χ1v) is 6.39. The molecular weight excluding hydrogens is 230 g/mol. The summed E-state index contributed by atoms with van der Waals surface area (Å²) in [5, 5.41) is 3.20. The van der Waals surface area contributed by atoms with Crippen LogP contribution in [0.5, 0.6) is 0 Å². The van der Waals surface area contributed by atoms with Crippen LogP contribution in [-0.2, 0) is 11.3 Å². The van der Waals surface area contributed by atoms with E-state index in [4.69, 9.17) is 4.74 Å². The molecule has 6 nitrogen and oxygen atoms in total. The van der Waals surface area contributed by atoms with Crippen LogP contribution in [0.15, 0.2) is 12.7 Å². The number of hydrogen-bond donors (Lipinski definition) is 1. The molecule has 0 aromatic carbocycles. The van der Waals surface area contributed by atoms with Crippen molar-refractivity contribution in [1.82, 2.24) is 19.5 Å². The van der Waals surface area contributed by atoms with Crippen LogP contribution in [0.4, 0.5) is 5.82 Å². The second-order valence-corrected chi connectivity index (χ2v) is 4.46. The van der Waals surface area contributed by atoms with Gasteiger partial charge < -0.3 is 14.6 Å². The maximum Gasteiger partial charge on any atom is 0.165 e. The Morgan fingerprint density at radius 1 is 1.44 bits per heavy atom. The lowest BCUT2D eigenvalue weighted by Gasteiger charge is -2.10. The van der Waals surface area contributed by atoms with Crippen molar-refractivity contribution in [2.45, 2.75) is 32.4 Å². The zero-order valence-electron chi connectivity index (χ0n) is 10.5. The Kier molecular flexibility index (Phi) is 3.10. The number of nitrogens with zero attached hydrogens (tertiary/aromatic N) is 4. The summed E-state index contributed by atoms with van der Waals surface area (Å²) in [6, 6.07) is 0. The molecule has 1 unspecified atom stereocenters. The first kappa shape index (κ1) is 11.4. The lowest BCUT2D eigenvalue weighted by Crippen LogP contribution is -2.14. The summed E-state index contributed by atoms with van der Waals surface area (Å²) in [4.78, 5) is 12.9. The van der Waals surface area contributed by atoms with E-state index < -0.39 is 0 Å². The van der Waals surface area contributed by atoms with Crippen LogP contribution >= 0.6 is 0 Å². The minimum atomic E-state index is 0.292. The number of anilines is 1. The monoisotopic (exact) mass is 247 g/mol. The van der Waals surface area contributed by atoms with E-state index in [1.54, 1.807) is 6.33 Å². The summed E-state index contributed by atoms with van der Waals surface area (Å²) in [6.07, 6.45) is 5.95. The van der Waals surface area contributed by atoms with E-state index in [2.05, 4.69) is 20.3 Å². The first-order chi connectivity index (χ1) is 8.88. The highest BCUT2D eigenvalue weighted by Gasteiger charge is 2.18. The van der Waals surface area contributed by atoms with Crippen molar-refractivity contribution in [3.8, 4) is 0 Å². The number of imidazole rings is 1. The van der Waals surface area contributed by atoms with Gasteiger partial charge in [-0.1, -0.05) is 0 Å². The normalized spacial score (nSPS) is 19.5. The summed E-state index contributed by atoms with van der Waals surface area (Å²) >= 11 is 0. The number of aromatic nitrogens is 4. The summed E-state index contributed by atoms with van der Waals surface area (Å²) in [7, 11) is 0. The van der Waals surface area contributed by atoms with E-state index in [1.165, 1.54) is 0 Å². The van der Waals surface area contributed by atoms with Gasteiger partial charge in [0.2, 0.25) is 0 Å². The van der Waals surface area contributed by atoms with Gasteiger partial charge in [-0.05, 0) is 19.8 Å². The Hall–Kier alpha value is -1.69. The average Bonchev–Trinajstić information content (AvgIpc) is 3.01. The number of fused-ring (bicyclic) bond motifs is 1. The molecule has 2 aromatic rings. The Balaban J connectivity index is 1.90. The molecule has 1 aliphatic rings. The topological polar surface area (TPSA) is 64.9 Å². The molecule has 6 heteroatoms. The fraction of sp³-hybridized carbons (Fsp3) is 0.583. The minimum Gasteiger partial charge on any atom is -0.376 e. The lowest BCUT2D eigenvalue weighted by molar-refractivity contribution is 0.0978. The molecule has 0 bridgehead atoms. The lowest BCUT2D eigenvalue weighted by atomic mass is 10.2. The quantitative estimate of drug-likeness (QED) is 0.885. The molecule has 0 aliphatic carbocycles. The predicted molar refractivity (Wildman–Crippen MR) is 68.5 cm³/mol. The zero-order valence-corrected chi connectivity index (χ0v) is 10.5. The Morgan fingerprint density at radius 2 is 2.39 bits per heavy atom. The molecule has 0 saturated carbocycles. The molecule has 3 heterocycles. The standard InChI is InChI=1S/C12H17N5O/c1-2-13-11-10-12(15-7-14-11)17(8-16-10)6-9-4-3-5-18-9/h7-9H,2-6H2,1H3,(H,13,14,15). The van der Waals surface area contributed by atoms with Gasteiger partial charge in [-0.3, -0.25) is 0 Å². The van der Waals surface area contributed by atoms with E-state index in [9.17, 15) is 0 Å². The highest BCUT2D eigenvalue weighted by molar-refractivity contribution is 5.82. The Labute approximate surface area is 105 Å². The number of ether oxygens (including phenoxy) is 1. The van der Waals surface area contributed by atoms with Gasteiger partial charge in [0.1, 0.15) is 11.8 Å². The summed E-state index contributed by atoms with van der Waals surface area (Å²) in [5.41, 5.74) is 1.70. The van der Waals surface area contributed by atoms with Gasteiger partial charge in [0.25, 0.3) is 0 Å². The average molecular weight is 247 g/mol. The third-order valence-corrected chi connectivity index (χ3v) is 3.17. The Bertz CT molecular complexity index is 532. The molecule has 1 atom stereocenters. The third-order valence-electron chi connectivity index (χ3n) is 3.17. The molecule has 3 rings (SSSR count). The van der Waals surface area contributed by atoms with Crippen molar-refractivity contribution in [3.05, 3.63) is 12.7 Å². The minimum absolute atomic E-state index is 0.292. The van der Waals surface area contributed by atoms with Crippen molar-refractivity contribution in [3.63, 3.8) is 0 Å². The van der Waals surface area contributed by atoms with Crippen molar-refractivity contribution in [2.24, 2.45) is 0 Å². The van der Waals surface area contributed by atoms with Gasteiger partial charge in [0.05, 0.1) is 19.0 Å². The molecule has 96 valence electrons. The molecule has 1 N–H and O–H groups in total. The van der Waals surface area contributed by atoms with Crippen LogP contribution < -0.4 is 5.32 Å². The predicted octanol–water partition coefficient (Wildman–Crippen LogP) is 1.44. The molecule has 2 aromatic heterocycles. The molecule has 1 fully saturated rings. The van der Waals surface area contributed by atoms with Gasteiger partial charge in [-0.15, -0.1) is 0 Å². The smallest absolute Gasteiger partial charge is 0.165 e. The van der Waals surface area contributed by atoms with E-state index in [0.29, 0.717) is 6.10 Å². The second kappa shape index (κ2) is 4.89. The van der Waals surface area contributed by atoms with E-state index in [1.807, 2.05) is 17.8 Å². The fourth-order valence-electron chi connectivity index (χ4n) is 2.32. The van der Waals surface area contributed by atoms with Crippen molar-refractivity contribution < 1.29 is 4.74 Å². The fourth-order valence-corrected chi connectivity index (χ4v) is 2.32. The molecule has 0 radical (unpaired) electrons. The second-order valence-electron chi connectivity index (χ2n) is 4.46. The van der Waals surface area contributed by atoms with Gasteiger partial charge >= 0.3 is 0 Å². The van der Waals surface area contributed by atoms with Crippen molar-refractivity contribution >= 4 is 17.0 Å². The number of rotatable bonds is 4. The number of hydrogen-bond acceptors (Lipinski definition) is 5. The summed E-state index contributed by atoms with van der Waals surface area (Å²) < 4.78 is 7.69. The van der Waals surface area contributed by atoms with E-state index >= 15 is 0 Å². The van der Waals surface area contributed by atoms with Gasteiger partial charge in [-0.25, -0.2) is 15.0 Å². The highest BCUT2D eigenvalue weighted by atomic mass is 16.5. The number of nitrogens with one attached hydrogen (secondary N) is 1. The molecule has 1 saturated heterocycles. The SMILES string of the molecule is CCNc1ncnc2c1ncn2CC1CCCO1. The van der Waals surface area contributed by atoms with Gasteiger partial charge in [0, 0.05) is 13.2 Å². The van der Waals surface area contributed by atoms with Crippen LogP contribution in [0.2, 0.25) is 0 Å². The van der Waals surface area contributed by atoms with Gasteiger partial charge in [0.15, 0.2) is 11.5 Å². The van der Waals surface area contributed by atoms with E-state index in [-0.39, 0.29) is 0 Å². The van der Waals surface area contributed by atoms with Crippen LogP contribution in [0, 0.1) is 0 Å². The van der Waals surface area contributed by atoms with Crippen LogP contribution in [0.1, 0.15) is 19.8 Å². The Morgan fingerprint density at radius 3 is 3.17 bits per heavy atom. The molecule has 18 heavy (non-hydrogen) atoms. The maximum absolute atomic E-state index is 5.65. The summed E-state index contributed by atoms with van der Waals surface area (Å²) in [6.45, 7) is 4.55. The molecule has 0 spiro atoms. The van der Waals surface area contributed by atoms with Crippen LogP contribution in [0.25, 0.3) is 11.2 Å². The first-order valence-electron chi connectivity index (χ1n) is 6.39. The van der Waals surface area contributed by atoms with Crippen molar-refractivity contribution in [1.29, 1.82) is 0 Å². The largest absolute Gasteiger partial charge is 0.376 e. The van der Waals surface area contributed by atoms with Crippen molar-refractivity contribution in [2.75, 3.05) is 18.5 Å². The molecule has 1 aliphatic heterocycles. The van der Waals surface area contributed by atoms with Crippen LogP contribution in [-0.4, -0.2) is 38.8 Å². The van der Waals surface area contributed by atoms with E-state index in [0.717, 1.165) is 49.5 Å².